The molecule has 0 aliphatic heterocycles. The van der Waals surface area contributed by atoms with Crippen LogP contribution in [0.25, 0.3) is 0 Å². The molecule has 1 nitrogen and oxygen atoms in total. The largest absolute Gasteiger partial charge is 0.418 e. The average Bonchev–Trinajstić information content (AvgIpc) is 2.13. The molecule has 0 saturated heterocycles. The molecule has 0 aliphatic carbocycles. The van der Waals surface area contributed by atoms with Crippen LogP contribution >= 0.6 is 15.9 Å². The van der Waals surface area contributed by atoms with Crippen molar-refractivity contribution in [3.63, 3.8) is 0 Å². The summed E-state index contributed by atoms with van der Waals surface area (Å²) in [6.45, 7) is 0.895. The van der Waals surface area contributed by atoms with Crippen LogP contribution in [0.1, 0.15) is 34.8 Å². The predicted octanol–water partition coefficient (Wildman–Crippen LogP) is 4.61. The Kier molecular flexibility index (Phi) is 3.91. The Hall–Kier alpha value is -0.980. The Bertz CT molecular complexity index is 453. The van der Waals surface area contributed by atoms with Crippen molar-refractivity contribution < 1.29 is 26.7 Å². The third-order valence-electron chi connectivity index (χ3n) is 2.03. The summed E-state index contributed by atoms with van der Waals surface area (Å²) in [5.41, 5.74) is -2.62. The van der Waals surface area contributed by atoms with Gasteiger partial charge in [-0.3, -0.25) is 4.79 Å². The summed E-state index contributed by atoms with van der Waals surface area (Å²) in [5, 5.41) is 0. The molecular formula is C10H6BrF5O. The first-order valence-electron chi connectivity index (χ1n) is 4.34. The maximum absolute atomic E-state index is 12.6. The van der Waals surface area contributed by atoms with E-state index >= 15 is 0 Å². The molecular weight excluding hydrogens is 311 g/mol. The van der Waals surface area contributed by atoms with Gasteiger partial charge in [0.05, 0.1) is 5.56 Å². The van der Waals surface area contributed by atoms with E-state index in [1.54, 1.807) is 0 Å². The fourth-order valence-corrected chi connectivity index (χ4v) is 2.02. The second-order valence-electron chi connectivity index (χ2n) is 3.28. The predicted molar refractivity (Wildman–Crippen MR) is 54.1 cm³/mol. The summed E-state index contributed by atoms with van der Waals surface area (Å²) in [6, 6.07) is 1.24. The highest BCUT2D eigenvalue weighted by Gasteiger charge is 2.37. The first-order valence-corrected chi connectivity index (χ1v) is 5.13. The zero-order valence-electron chi connectivity index (χ0n) is 8.41. The van der Waals surface area contributed by atoms with Crippen LogP contribution in [0.5, 0.6) is 0 Å². The van der Waals surface area contributed by atoms with Crippen LogP contribution in [0.4, 0.5) is 22.0 Å². The van der Waals surface area contributed by atoms with Crippen LogP contribution in [-0.4, -0.2) is 5.78 Å². The van der Waals surface area contributed by atoms with E-state index < -0.39 is 39.5 Å². The fourth-order valence-electron chi connectivity index (χ4n) is 1.32. The molecule has 0 saturated carbocycles. The van der Waals surface area contributed by atoms with Crippen LogP contribution in [0, 0.1) is 0 Å². The quantitative estimate of drug-likeness (QED) is 0.575. The number of hydrogen-bond acceptors (Lipinski definition) is 1. The van der Waals surface area contributed by atoms with Crippen LogP contribution in [-0.2, 0) is 6.18 Å². The molecule has 1 rings (SSSR count). The van der Waals surface area contributed by atoms with Crippen molar-refractivity contribution in [3.8, 4) is 0 Å². The van der Waals surface area contributed by atoms with Crippen LogP contribution < -0.4 is 0 Å². The Labute approximate surface area is 102 Å². The maximum atomic E-state index is 12.6. The lowest BCUT2D eigenvalue weighted by Crippen LogP contribution is -2.13. The van der Waals surface area contributed by atoms with E-state index in [1.807, 2.05) is 0 Å². The van der Waals surface area contributed by atoms with Gasteiger partial charge in [0.15, 0.2) is 5.78 Å². The maximum Gasteiger partial charge on any atom is 0.418 e. The summed E-state index contributed by atoms with van der Waals surface area (Å²) >= 11 is 2.56. The van der Waals surface area contributed by atoms with E-state index in [0.717, 1.165) is 6.92 Å². The number of benzene rings is 1. The average molecular weight is 317 g/mol. The van der Waals surface area contributed by atoms with Gasteiger partial charge in [-0.05, 0) is 19.1 Å². The zero-order valence-corrected chi connectivity index (χ0v) is 9.99. The van der Waals surface area contributed by atoms with Gasteiger partial charge in [-0.2, -0.15) is 13.2 Å². The lowest BCUT2D eigenvalue weighted by molar-refractivity contribution is -0.138. The van der Waals surface area contributed by atoms with E-state index in [-0.39, 0.29) is 0 Å². The van der Waals surface area contributed by atoms with Crippen LogP contribution in [0.2, 0.25) is 0 Å². The van der Waals surface area contributed by atoms with E-state index in [1.165, 1.54) is 0 Å². The van der Waals surface area contributed by atoms with E-state index in [0.29, 0.717) is 12.1 Å². The van der Waals surface area contributed by atoms with Crippen molar-refractivity contribution in [3.05, 3.63) is 33.3 Å². The Balaban J connectivity index is 3.56. The Morgan fingerprint density at radius 1 is 1.29 bits per heavy atom. The molecule has 0 aromatic heterocycles. The minimum Gasteiger partial charge on any atom is -0.294 e. The summed E-state index contributed by atoms with van der Waals surface area (Å²) in [4.78, 5) is 11.1. The molecule has 0 atom stereocenters. The fraction of sp³-hybridized carbons (Fsp3) is 0.300. The smallest absolute Gasteiger partial charge is 0.294 e. The third kappa shape index (κ3) is 3.02. The van der Waals surface area contributed by atoms with Gasteiger partial charge in [0.2, 0.25) is 0 Å². The van der Waals surface area contributed by atoms with Crippen molar-refractivity contribution >= 4 is 21.7 Å². The molecule has 0 radical (unpaired) electrons. The number of carbonyl (C=O) groups is 1. The third-order valence-corrected chi connectivity index (χ3v) is 2.65. The molecule has 0 heterocycles. The summed E-state index contributed by atoms with van der Waals surface area (Å²) in [5.74, 6) is -0.916. The highest BCUT2D eigenvalue weighted by molar-refractivity contribution is 9.10. The van der Waals surface area contributed by atoms with Crippen molar-refractivity contribution in [1.29, 1.82) is 0 Å². The molecule has 1 aromatic carbocycles. The normalized spacial score (nSPS) is 12.0. The summed E-state index contributed by atoms with van der Waals surface area (Å²) in [6.07, 6.45) is -7.72. The van der Waals surface area contributed by atoms with E-state index in [4.69, 9.17) is 0 Å². The monoisotopic (exact) mass is 316 g/mol. The van der Waals surface area contributed by atoms with Gasteiger partial charge >= 0.3 is 6.18 Å². The zero-order chi connectivity index (χ0) is 13.4. The molecule has 7 heteroatoms. The topological polar surface area (TPSA) is 17.1 Å². The lowest BCUT2D eigenvalue weighted by atomic mass is 10.0. The molecule has 17 heavy (non-hydrogen) atoms. The van der Waals surface area contributed by atoms with Crippen molar-refractivity contribution in [2.75, 3.05) is 0 Å². The summed E-state index contributed by atoms with van der Waals surface area (Å²) < 4.78 is 62.1. The van der Waals surface area contributed by atoms with Crippen molar-refractivity contribution in [1.82, 2.24) is 0 Å². The van der Waals surface area contributed by atoms with Gasteiger partial charge in [0.25, 0.3) is 6.43 Å². The number of halogens is 6. The van der Waals surface area contributed by atoms with Gasteiger partial charge in [-0.25, -0.2) is 8.78 Å². The molecule has 0 aliphatic rings. The molecule has 0 bridgehead atoms. The summed E-state index contributed by atoms with van der Waals surface area (Å²) in [7, 11) is 0. The minimum absolute atomic E-state index is 0.562. The van der Waals surface area contributed by atoms with Crippen molar-refractivity contribution in [2.45, 2.75) is 19.5 Å². The van der Waals surface area contributed by atoms with Gasteiger partial charge in [0, 0.05) is 15.6 Å². The number of Topliss-reactive ketones (excluding diaryl/α,β-unsaturated/α-hetero) is 1. The number of rotatable bonds is 2. The van der Waals surface area contributed by atoms with Gasteiger partial charge < -0.3 is 0 Å². The second kappa shape index (κ2) is 4.72. The Morgan fingerprint density at radius 3 is 2.18 bits per heavy atom. The van der Waals surface area contributed by atoms with Crippen LogP contribution in [0.15, 0.2) is 16.6 Å². The minimum atomic E-state index is -4.78. The van der Waals surface area contributed by atoms with E-state index in [9.17, 15) is 26.7 Å². The molecule has 94 valence electrons. The van der Waals surface area contributed by atoms with Crippen LogP contribution in [0.3, 0.4) is 0 Å². The number of carbonyl (C=O) groups excluding carboxylic acids is 1. The van der Waals surface area contributed by atoms with Gasteiger partial charge in [-0.15, -0.1) is 0 Å². The molecule has 0 fully saturated rings. The molecule has 0 amide bonds. The highest BCUT2D eigenvalue weighted by Crippen LogP contribution is 2.39. The highest BCUT2D eigenvalue weighted by atomic mass is 79.9. The van der Waals surface area contributed by atoms with Gasteiger partial charge in [-0.1, -0.05) is 15.9 Å². The lowest BCUT2D eigenvalue weighted by Gasteiger charge is -2.14. The molecule has 1 aromatic rings. The Morgan fingerprint density at radius 2 is 1.82 bits per heavy atom. The molecule has 0 unspecified atom stereocenters. The number of alkyl halides is 5. The van der Waals surface area contributed by atoms with Crippen molar-refractivity contribution in [2.24, 2.45) is 0 Å². The van der Waals surface area contributed by atoms with Gasteiger partial charge in [0.1, 0.15) is 0 Å². The SMILES string of the molecule is CC(=O)c1cc(C(F)F)cc(Br)c1C(F)(F)F. The number of hydrogen-bond donors (Lipinski definition) is 0. The molecule has 0 N–H and O–H groups in total. The first kappa shape index (κ1) is 14.1. The first-order chi connectivity index (χ1) is 7.64. The van der Waals surface area contributed by atoms with E-state index in [2.05, 4.69) is 15.9 Å². The number of ketones is 1. The molecule has 0 spiro atoms. The standard InChI is InChI=1S/C10H6BrF5O/c1-4(17)6-2-5(9(12)13)3-7(11)8(6)10(14,15)16/h2-3,9H,1H3. The second-order valence-corrected chi connectivity index (χ2v) is 4.13.